The number of ether oxygens (including phenoxy) is 1. The highest BCUT2D eigenvalue weighted by Gasteiger charge is 2.36. The standard InChI is InChI=1S/C16H21ClN2O3S/c1-10(12-5-3-9-22-12)18-15(20)11-4-2-8-19(11)16(21)13-6-7-14(17)23-13/h6-7,10-12H,2-5,8-9H2,1H3,(H,18,20)/t10-,11+,12+/m0/s1. The fraction of sp³-hybridized carbons (Fsp3) is 0.625. The third-order valence-corrected chi connectivity index (χ3v) is 5.71. The van der Waals surface area contributed by atoms with E-state index >= 15 is 0 Å². The molecule has 1 N–H and O–H groups in total. The smallest absolute Gasteiger partial charge is 0.264 e. The largest absolute Gasteiger partial charge is 0.376 e. The van der Waals surface area contributed by atoms with Gasteiger partial charge in [-0.15, -0.1) is 11.3 Å². The zero-order valence-corrected chi connectivity index (χ0v) is 14.7. The van der Waals surface area contributed by atoms with Crippen LogP contribution in [0.2, 0.25) is 4.34 Å². The Morgan fingerprint density at radius 1 is 1.39 bits per heavy atom. The van der Waals surface area contributed by atoms with Crippen molar-refractivity contribution < 1.29 is 14.3 Å². The van der Waals surface area contributed by atoms with Crippen LogP contribution in [0, 0.1) is 0 Å². The van der Waals surface area contributed by atoms with E-state index in [4.69, 9.17) is 16.3 Å². The summed E-state index contributed by atoms with van der Waals surface area (Å²) in [6.07, 6.45) is 3.65. The first kappa shape index (κ1) is 16.7. The van der Waals surface area contributed by atoms with Crippen molar-refractivity contribution in [3.63, 3.8) is 0 Å². The van der Waals surface area contributed by atoms with Crippen molar-refractivity contribution in [2.24, 2.45) is 0 Å². The average Bonchev–Trinajstić information content (AvgIpc) is 3.27. The zero-order valence-electron chi connectivity index (χ0n) is 13.1. The number of hydrogen-bond donors (Lipinski definition) is 1. The molecule has 0 aliphatic carbocycles. The molecule has 0 spiro atoms. The average molecular weight is 357 g/mol. The lowest BCUT2D eigenvalue weighted by Crippen LogP contribution is -2.50. The number of carbonyl (C=O) groups is 2. The number of hydrogen-bond acceptors (Lipinski definition) is 4. The summed E-state index contributed by atoms with van der Waals surface area (Å²) in [5.41, 5.74) is 0. The predicted octanol–water partition coefficient (Wildman–Crippen LogP) is 2.69. The van der Waals surface area contributed by atoms with Gasteiger partial charge in [0.1, 0.15) is 6.04 Å². The Bertz CT molecular complexity index is 586. The Hall–Kier alpha value is -1.11. The van der Waals surface area contributed by atoms with Crippen LogP contribution < -0.4 is 5.32 Å². The molecule has 2 aliphatic rings. The van der Waals surface area contributed by atoms with Crippen molar-refractivity contribution in [1.82, 2.24) is 10.2 Å². The monoisotopic (exact) mass is 356 g/mol. The quantitative estimate of drug-likeness (QED) is 0.902. The number of rotatable bonds is 4. The van der Waals surface area contributed by atoms with Gasteiger partial charge < -0.3 is 15.0 Å². The number of likely N-dealkylation sites (tertiary alicyclic amines) is 1. The van der Waals surface area contributed by atoms with Gasteiger partial charge in [-0.25, -0.2) is 0 Å². The molecule has 126 valence electrons. The minimum absolute atomic E-state index is 0.0289. The molecule has 0 aromatic carbocycles. The van der Waals surface area contributed by atoms with Crippen LogP contribution in [0.4, 0.5) is 0 Å². The summed E-state index contributed by atoms with van der Waals surface area (Å²) in [6.45, 7) is 3.34. The van der Waals surface area contributed by atoms with Gasteiger partial charge in [0.15, 0.2) is 0 Å². The maximum absolute atomic E-state index is 12.6. The van der Waals surface area contributed by atoms with Crippen molar-refractivity contribution in [2.45, 2.75) is 50.8 Å². The molecule has 2 aliphatic heterocycles. The zero-order chi connectivity index (χ0) is 16.4. The molecule has 0 bridgehead atoms. The van der Waals surface area contributed by atoms with E-state index in [-0.39, 0.29) is 24.0 Å². The first-order valence-corrected chi connectivity index (χ1v) is 9.24. The van der Waals surface area contributed by atoms with Crippen molar-refractivity contribution in [3.05, 3.63) is 21.3 Å². The molecule has 1 aromatic heterocycles. The Morgan fingerprint density at radius 2 is 2.22 bits per heavy atom. The summed E-state index contributed by atoms with van der Waals surface area (Å²) in [6, 6.07) is 3.01. The number of halogens is 1. The van der Waals surface area contributed by atoms with Crippen LogP contribution in [0.5, 0.6) is 0 Å². The van der Waals surface area contributed by atoms with Gasteiger partial charge in [-0.1, -0.05) is 11.6 Å². The molecule has 23 heavy (non-hydrogen) atoms. The molecule has 3 rings (SSSR count). The van der Waals surface area contributed by atoms with Crippen LogP contribution in [-0.4, -0.2) is 48.1 Å². The van der Waals surface area contributed by atoms with E-state index in [0.29, 0.717) is 22.2 Å². The maximum Gasteiger partial charge on any atom is 0.264 e. The van der Waals surface area contributed by atoms with Gasteiger partial charge in [-0.05, 0) is 44.7 Å². The molecule has 5 nitrogen and oxygen atoms in total. The van der Waals surface area contributed by atoms with Crippen LogP contribution in [-0.2, 0) is 9.53 Å². The van der Waals surface area contributed by atoms with Gasteiger partial charge in [-0.2, -0.15) is 0 Å². The SMILES string of the molecule is C[C@H](NC(=O)[C@H]1CCCN1C(=O)c1ccc(Cl)s1)[C@H]1CCCO1. The van der Waals surface area contributed by atoms with Gasteiger partial charge in [0.25, 0.3) is 5.91 Å². The van der Waals surface area contributed by atoms with E-state index in [2.05, 4.69) is 5.32 Å². The molecule has 2 amide bonds. The molecule has 1 aromatic rings. The lowest BCUT2D eigenvalue weighted by Gasteiger charge is -2.27. The van der Waals surface area contributed by atoms with E-state index in [9.17, 15) is 9.59 Å². The van der Waals surface area contributed by atoms with Gasteiger partial charge in [-0.3, -0.25) is 9.59 Å². The molecule has 2 saturated heterocycles. The second kappa shape index (κ2) is 7.20. The molecule has 0 saturated carbocycles. The summed E-state index contributed by atoms with van der Waals surface area (Å²) in [7, 11) is 0. The molecule has 3 heterocycles. The highest BCUT2D eigenvalue weighted by molar-refractivity contribution is 7.17. The van der Waals surface area contributed by atoms with Crippen LogP contribution >= 0.6 is 22.9 Å². The van der Waals surface area contributed by atoms with Crippen LogP contribution in [0.25, 0.3) is 0 Å². The van der Waals surface area contributed by atoms with E-state index in [1.54, 1.807) is 17.0 Å². The molecular formula is C16H21ClN2O3S. The second-order valence-corrected chi connectivity index (χ2v) is 7.82. The number of nitrogens with one attached hydrogen (secondary N) is 1. The first-order valence-electron chi connectivity index (χ1n) is 8.04. The number of carbonyl (C=O) groups excluding carboxylic acids is 2. The van der Waals surface area contributed by atoms with Crippen molar-refractivity contribution in [2.75, 3.05) is 13.2 Å². The molecule has 0 radical (unpaired) electrons. The summed E-state index contributed by atoms with van der Waals surface area (Å²) in [5, 5.41) is 3.02. The minimum atomic E-state index is -0.396. The number of amides is 2. The van der Waals surface area contributed by atoms with Crippen molar-refractivity contribution in [1.29, 1.82) is 0 Å². The summed E-state index contributed by atoms with van der Waals surface area (Å²) >= 11 is 7.16. The molecule has 7 heteroatoms. The van der Waals surface area contributed by atoms with Crippen LogP contribution in [0.1, 0.15) is 42.3 Å². The molecule has 2 fully saturated rings. The van der Waals surface area contributed by atoms with Crippen LogP contribution in [0.15, 0.2) is 12.1 Å². The Kier molecular flexibility index (Phi) is 5.24. The van der Waals surface area contributed by atoms with E-state index in [0.717, 1.165) is 25.9 Å². The molecule has 0 unspecified atom stereocenters. The Balaban J connectivity index is 1.63. The predicted molar refractivity (Wildman–Crippen MR) is 90.0 cm³/mol. The second-order valence-electron chi connectivity index (χ2n) is 6.11. The van der Waals surface area contributed by atoms with Crippen molar-refractivity contribution in [3.8, 4) is 0 Å². The topological polar surface area (TPSA) is 58.6 Å². The minimum Gasteiger partial charge on any atom is -0.376 e. The van der Waals surface area contributed by atoms with Gasteiger partial charge in [0.05, 0.1) is 21.4 Å². The number of thiophene rings is 1. The Morgan fingerprint density at radius 3 is 2.87 bits per heavy atom. The summed E-state index contributed by atoms with van der Waals surface area (Å²) in [5.74, 6) is -0.189. The molecular weight excluding hydrogens is 336 g/mol. The fourth-order valence-electron chi connectivity index (χ4n) is 3.26. The van der Waals surface area contributed by atoms with Gasteiger partial charge in [0.2, 0.25) is 5.91 Å². The molecule has 3 atom stereocenters. The van der Waals surface area contributed by atoms with E-state index < -0.39 is 6.04 Å². The highest BCUT2D eigenvalue weighted by Crippen LogP contribution is 2.27. The summed E-state index contributed by atoms with van der Waals surface area (Å²) in [4.78, 5) is 27.4. The fourth-order valence-corrected chi connectivity index (χ4v) is 4.26. The Labute approximate surface area is 144 Å². The van der Waals surface area contributed by atoms with E-state index in [1.165, 1.54) is 11.3 Å². The summed E-state index contributed by atoms with van der Waals surface area (Å²) < 4.78 is 6.20. The lowest BCUT2D eigenvalue weighted by molar-refractivity contribution is -0.126. The number of nitrogens with zero attached hydrogens (tertiary/aromatic N) is 1. The normalized spacial score (nSPS) is 25.6. The third kappa shape index (κ3) is 3.70. The van der Waals surface area contributed by atoms with Gasteiger partial charge >= 0.3 is 0 Å². The lowest BCUT2D eigenvalue weighted by atomic mass is 10.1. The maximum atomic E-state index is 12.6. The first-order chi connectivity index (χ1) is 11.1. The van der Waals surface area contributed by atoms with Crippen LogP contribution in [0.3, 0.4) is 0 Å². The van der Waals surface area contributed by atoms with Gasteiger partial charge in [0, 0.05) is 13.2 Å². The van der Waals surface area contributed by atoms with E-state index in [1.807, 2.05) is 6.92 Å². The third-order valence-electron chi connectivity index (χ3n) is 4.49. The van der Waals surface area contributed by atoms with Crippen molar-refractivity contribution >= 4 is 34.8 Å². The highest BCUT2D eigenvalue weighted by atomic mass is 35.5.